The Morgan fingerprint density at radius 2 is 2.11 bits per heavy atom. The largest absolute Gasteiger partial charge is 0.331 e. The van der Waals surface area contributed by atoms with Gasteiger partial charge in [-0.05, 0) is 47.9 Å². The number of carbonyl (C=O) groups excluding carboxylic acids is 1. The molecule has 0 spiro atoms. The van der Waals surface area contributed by atoms with E-state index < -0.39 is 0 Å². The maximum Gasteiger partial charge on any atom is 0.318 e. The van der Waals surface area contributed by atoms with Gasteiger partial charge in [-0.3, -0.25) is 4.79 Å². The van der Waals surface area contributed by atoms with Gasteiger partial charge >= 0.3 is 6.03 Å². The van der Waals surface area contributed by atoms with Crippen LogP contribution in [0.5, 0.6) is 0 Å². The summed E-state index contributed by atoms with van der Waals surface area (Å²) in [7, 11) is 1.69. The van der Waals surface area contributed by atoms with Gasteiger partial charge in [-0.15, -0.1) is 11.3 Å². The van der Waals surface area contributed by atoms with Crippen molar-refractivity contribution in [2.24, 2.45) is 5.92 Å². The maximum absolute atomic E-state index is 12.7. The standard InChI is InChI=1S/C19H19ClN4O2S/c1-24(10-15-21-14-8-9-27-17(14)18(25)22-15)19(26)23-16(11-2-3-11)12-4-6-13(20)7-5-12/h4-9,11,16H,2-3,10H2,1H3,(H,23,26)(H,21,22,25). The summed E-state index contributed by atoms with van der Waals surface area (Å²) >= 11 is 7.33. The number of thiophene rings is 1. The molecular formula is C19H19ClN4O2S. The second kappa shape index (κ2) is 7.32. The molecule has 140 valence electrons. The lowest BCUT2D eigenvalue weighted by Gasteiger charge is -2.23. The van der Waals surface area contributed by atoms with E-state index in [-0.39, 0.29) is 24.2 Å². The van der Waals surface area contributed by atoms with Gasteiger partial charge in [-0.25, -0.2) is 9.78 Å². The van der Waals surface area contributed by atoms with Crippen LogP contribution >= 0.6 is 22.9 Å². The normalized spacial score (nSPS) is 14.9. The van der Waals surface area contributed by atoms with Crippen LogP contribution in [0.25, 0.3) is 10.2 Å². The van der Waals surface area contributed by atoms with Crippen LogP contribution < -0.4 is 10.9 Å². The van der Waals surface area contributed by atoms with Crippen molar-refractivity contribution in [3.05, 3.63) is 62.5 Å². The molecular weight excluding hydrogens is 384 g/mol. The van der Waals surface area contributed by atoms with E-state index in [4.69, 9.17) is 11.6 Å². The number of fused-ring (bicyclic) bond motifs is 1. The first kappa shape index (κ1) is 18.0. The second-order valence-corrected chi connectivity index (χ2v) is 8.17. The Labute approximate surface area is 165 Å². The lowest BCUT2D eigenvalue weighted by Crippen LogP contribution is -2.40. The van der Waals surface area contributed by atoms with Crippen molar-refractivity contribution >= 4 is 39.2 Å². The highest BCUT2D eigenvalue weighted by molar-refractivity contribution is 7.17. The van der Waals surface area contributed by atoms with Crippen LogP contribution in [0.3, 0.4) is 0 Å². The first-order valence-corrected chi connectivity index (χ1v) is 10.0. The lowest BCUT2D eigenvalue weighted by molar-refractivity contribution is 0.200. The number of nitrogens with one attached hydrogen (secondary N) is 2. The SMILES string of the molecule is CN(Cc1nc2ccsc2c(=O)[nH]1)C(=O)NC(c1ccc(Cl)cc1)C1CC1. The van der Waals surface area contributed by atoms with Crippen LogP contribution in [0, 0.1) is 5.92 Å². The van der Waals surface area contributed by atoms with Gasteiger partial charge in [-0.2, -0.15) is 0 Å². The number of urea groups is 1. The molecule has 1 atom stereocenters. The minimum atomic E-state index is -0.199. The van der Waals surface area contributed by atoms with E-state index in [0.29, 0.717) is 27.0 Å². The van der Waals surface area contributed by atoms with Gasteiger partial charge in [0.1, 0.15) is 10.5 Å². The van der Waals surface area contributed by atoms with Gasteiger partial charge in [0.2, 0.25) is 0 Å². The fourth-order valence-corrected chi connectivity index (χ4v) is 3.96. The first-order valence-electron chi connectivity index (χ1n) is 8.75. The van der Waals surface area contributed by atoms with Gasteiger partial charge in [0, 0.05) is 12.1 Å². The number of hydrogen-bond donors (Lipinski definition) is 2. The predicted molar refractivity (Wildman–Crippen MR) is 107 cm³/mol. The predicted octanol–water partition coefficient (Wildman–Crippen LogP) is 3.93. The molecule has 6 nitrogen and oxygen atoms in total. The molecule has 1 aromatic carbocycles. The van der Waals surface area contributed by atoms with E-state index >= 15 is 0 Å². The summed E-state index contributed by atoms with van der Waals surface area (Å²) in [5.41, 5.74) is 1.54. The Morgan fingerprint density at radius 3 is 2.81 bits per heavy atom. The molecule has 1 aliphatic rings. The third-order valence-corrected chi connectivity index (χ3v) is 5.85. The van der Waals surface area contributed by atoms with Crippen LogP contribution in [0.1, 0.15) is 30.3 Å². The zero-order valence-electron chi connectivity index (χ0n) is 14.7. The molecule has 0 radical (unpaired) electrons. The zero-order valence-corrected chi connectivity index (χ0v) is 16.3. The second-order valence-electron chi connectivity index (χ2n) is 6.82. The summed E-state index contributed by atoms with van der Waals surface area (Å²) in [4.78, 5) is 33.5. The number of aromatic amines is 1. The number of hydrogen-bond acceptors (Lipinski definition) is 4. The summed E-state index contributed by atoms with van der Waals surface area (Å²) in [5, 5.41) is 5.62. The Kier molecular flexibility index (Phi) is 4.88. The summed E-state index contributed by atoms with van der Waals surface area (Å²) in [6, 6.07) is 9.16. The molecule has 2 aromatic heterocycles. The molecule has 1 fully saturated rings. The van der Waals surface area contributed by atoms with E-state index in [9.17, 15) is 9.59 Å². The molecule has 2 N–H and O–H groups in total. The lowest BCUT2D eigenvalue weighted by atomic mass is 10.0. The minimum absolute atomic E-state index is 0.0384. The van der Waals surface area contributed by atoms with Crippen molar-refractivity contribution in [1.29, 1.82) is 0 Å². The van der Waals surface area contributed by atoms with Crippen molar-refractivity contribution in [2.45, 2.75) is 25.4 Å². The monoisotopic (exact) mass is 402 g/mol. The summed E-state index contributed by atoms with van der Waals surface area (Å²) in [6.07, 6.45) is 2.20. The van der Waals surface area contributed by atoms with Crippen LogP contribution in [0.2, 0.25) is 5.02 Å². The summed E-state index contributed by atoms with van der Waals surface area (Å²) in [5.74, 6) is 0.918. The average Bonchev–Trinajstić information content (AvgIpc) is 3.37. The number of aromatic nitrogens is 2. The van der Waals surface area contributed by atoms with Crippen LogP contribution in [0.15, 0.2) is 40.5 Å². The van der Waals surface area contributed by atoms with Gasteiger partial charge in [0.25, 0.3) is 5.56 Å². The molecule has 8 heteroatoms. The Morgan fingerprint density at radius 1 is 1.37 bits per heavy atom. The molecule has 0 saturated heterocycles. The Hall–Kier alpha value is -2.38. The van der Waals surface area contributed by atoms with Crippen LogP contribution in [0.4, 0.5) is 4.79 Å². The fraction of sp³-hybridized carbons (Fsp3) is 0.316. The number of rotatable bonds is 5. The number of benzene rings is 1. The molecule has 27 heavy (non-hydrogen) atoms. The number of halogens is 1. The highest BCUT2D eigenvalue weighted by atomic mass is 35.5. The summed E-state index contributed by atoms with van der Waals surface area (Å²) in [6.45, 7) is 0.227. The zero-order chi connectivity index (χ0) is 19.0. The molecule has 2 amide bonds. The van der Waals surface area contributed by atoms with Gasteiger partial charge in [0.15, 0.2) is 0 Å². The number of H-pyrrole nitrogens is 1. The third kappa shape index (κ3) is 3.99. The quantitative estimate of drug-likeness (QED) is 0.678. The molecule has 4 rings (SSSR count). The first-order chi connectivity index (χ1) is 13.0. The average molecular weight is 403 g/mol. The van der Waals surface area contributed by atoms with Crippen LogP contribution in [-0.4, -0.2) is 27.9 Å². The Bertz CT molecular complexity index is 1030. The van der Waals surface area contributed by atoms with Crippen molar-refractivity contribution < 1.29 is 4.79 Å². The molecule has 1 unspecified atom stereocenters. The van der Waals surface area contributed by atoms with Crippen molar-refractivity contribution in [1.82, 2.24) is 20.2 Å². The van der Waals surface area contributed by atoms with E-state index in [1.165, 1.54) is 16.2 Å². The van der Waals surface area contributed by atoms with E-state index in [1.807, 2.05) is 35.7 Å². The van der Waals surface area contributed by atoms with E-state index in [1.54, 1.807) is 7.05 Å². The van der Waals surface area contributed by atoms with Gasteiger partial charge in [0.05, 0.1) is 18.1 Å². The smallest absolute Gasteiger partial charge is 0.318 e. The van der Waals surface area contributed by atoms with Gasteiger partial charge < -0.3 is 15.2 Å². The molecule has 1 aliphatic carbocycles. The fourth-order valence-electron chi connectivity index (χ4n) is 3.11. The summed E-state index contributed by atoms with van der Waals surface area (Å²) < 4.78 is 0.599. The highest BCUT2D eigenvalue weighted by Crippen LogP contribution is 2.41. The molecule has 2 heterocycles. The van der Waals surface area contributed by atoms with Gasteiger partial charge in [-0.1, -0.05) is 23.7 Å². The van der Waals surface area contributed by atoms with Crippen LogP contribution in [-0.2, 0) is 6.54 Å². The topological polar surface area (TPSA) is 78.1 Å². The maximum atomic E-state index is 12.7. The number of amides is 2. The molecule has 3 aromatic rings. The van der Waals surface area contributed by atoms with E-state index in [2.05, 4.69) is 15.3 Å². The highest BCUT2D eigenvalue weighted by Gasteiger charge is 2.34. The van der Waals surface area contributed by atoms with Crippen molar-refractivity contribution in [2.75, 3.05) is 7.05 Å². The van der Waals surface area contributed by atoms with Crippen molar-refractivity contribution in [3.63, 3.8) is 0 Å². The minimum Gasteiger partial charge on any atom is -0.331 e. The molecule has 1 saturated carbocycles. The number of carbonyl (C=O) groups is 1. The number of nitrogens with zero attached hydrogens (tertiary/aromatic N) is 2. The molecule has 0 aliphatic heterocycles. The molecule has 0 bridgehead atoms. The third-order valence-electron chi connectivity index (χ3n) is 4.70. The van der Waals surface area contributed by atoms with Crippen molar-refractivity contribution in [3.8, 4) is 0 Å². The van der Waals surface area contributed by atoms with E-state index in [0.717, 1.165) is 18.4 Å². The Balaban J connectivity index is 1.47.